The van der Waals surface area contributed by atoms with Gasteiger partial charge in [0.05, 0.1) is 39.5 Å². The van der Waals surface area contributed by atoms with Gasteiger partial charge in [0.15, 0.2) is 35.6 Å². The van der Waals surface area contributed by atoms with Crippen LogP contribution in [-0.2, 0) is 33.0 Å². The molecule has 16 nitrogen and oxygen atoms in total. The summed E-state index contributed by atoms with van der Waals surface area (Å²) in [6.07, 6.45) is -7.18. The molecule has 3 saturated heterocycles. The molecular weight excluding hydrogens is 635 g/mol. The van der Waals surface area contributed by atoms with Crippen molar-refractivity contribution >= 4 is 13.8 Å². The molecule has 1 aliphatic carbocycles. The first-order chi connectivity index (χ1) is 22.0. The Bertz CT molecular complexity index is 1530. The number of phosphoric acid groups is 1. The molecule has 7 rings (SSSR count). The Labute approximate surface area is 262 Å². The molecule has 3 fully saturated rings. The number of carbonyl (C=O) groups excluding carboxylic acids is 1. The highest BCUT2D eigenvalue weighted by molar-refractivity contribution is 7.46. The van der Waals surface area contributed by atoms with E-state index in [1.54, 1.807) is 19.1 Å². The Kier molecular flexibility index (Phi) is 8.07. The molecule has 10 atom stereocenters. The first kappa shape index (κ1) is 31.4. The molecule has 4 N–H and O–H groups in total. The lowest BCUT2D eigenvalue weighted by molar-refractivity contribution is -0.364. The maximum Gasteiger partial charge on any atom is 0.525 e. The highest BCUT2D eigenvalue weighted by atomic mass is 31.2. The van der Waals surface area contributed by atoms with Gasteiger partial charge in [0, 0.05) is 11.8 Å². The topological polar surface area (TPSA) is 207 Å². The van der Waals surface area contributed by atoms with Crippen LogP contribution in [-0.4, -0.2) is 97.2 Å². The van der Waals surface area contributed by atoms with Crippen LogP contribution >= 0.6 is 7.82 Å². The molecule has 46 heavy (non-hydrogen) atoms. The molecule has 0 spiro atoms. The summed E-state index contributed by atoms with van der Waals surface area (Å²) < 4.78 is 68.1. The van der Waals surface area contributed by atoms with Crippen molar-refractivity contribution in [3.05, 3.63) is 41.0 Å². The molecule has 0 radical (unpaired) electrons. The summed E-state index contributed by atoms with van der Waals surface area (Å²) in [6, 6.07) is 6.47. The van der Waals surface area contributed by atoms with Crippen LogP contribution in [0.4, 0.5) is 0 Å². The van der Waals surface area contributed by atoms with Gasteiger partial charge in [-0.3, -0.25) is 14.6 Å². The van der Waals surface area contributed by atoms with E-state index in [2.05, 4.69) is 0 Å². The van der Waals surface area contributed by atoms with Gasteiger partial charge in [0.25, 0.3) is 0 Å². The summed E-state index contributed by atoms with van der Waals surface area (Å²) in [5, 5.41) is 22.0. The van der Waals surface area contributed by atoms with Crippen molar-refractivity contribution in [1.29, 1.82) is 0 Å². The highest BCUT2D eigenvalue weighted by Gasteiger charge is 2.56. The van der Waals surface area contributed by atoms with Crippen molar-refractivity contribution in [3.8, 4) is 28.7 Å². The number of fused-ring (bicyclic) bond motifs is 4. The minimum atomic E-state index is -5.00. The first-order valence-electron chi connectivity index (χ1n) is 14.5. The third-order valence-electron chi connectivity index (χ3n) is 8.94. The molecule has 17 heteroatoms. The molecule has 5 aliphatic rings. The number of aliphatic hydroxyl groups is 2. The lowest BCUT2D eigenvalue weighted by Crippen LogP contribution is -2.63. The van der Waals surface area contributed by atoms with Crippen molar-refractivity contribution in [1.82, 2.24) is 0 Å². The first-order valence-corrected chi connectivity index (χ1v) is 16.1. The van der Waals surface area contributed by atoms with E-state index in [4.69, 9.17) is 47.2 Å². The average Bonchev–Trinajstić information content (AvgIpc) is 3.64. The predicted octanol–water partition coefficient (Wildman–Crippen LogP) is 1.10. The number of hydrogen-bond donors (Lipinski definition) is 4. The fraction of sp³-hybridized carbons (Fsp3) is 0.552. The molecule has 2 aromatic carbocycles. The van der Waals surface area contributed by atoms with Crippen molar-refractivity contribution in [3.63, 3.8) is 0 Å². The Hall–Kier alpha value is -3.18. The van der Waals surface area contributed by atoms with E-state index in [0.29, 0.717) is 28.2 Å². The monoisotopic (exact) mass is 668 g/mol. The number of esters is 1. The Morgan fingerprint density at radius 2 is 1.57 bits per heavy atom. The largest absolute Gasteiger partial charge is 0.525 e. The SMILES string of the molecule is COc1cc([C@@H]2c3cc4c(cc3[C@@H](O[C@@H]3O[C@@H]5CO[C@H](C)O[C@@H]5[C@@H](O)[C@H]3O)[C@H]3COC(=O)[C@H]23)OCO4)cc(OC)c1OP(=O)(O)O. The predicted molar refractivity (Wildman–Crippen MR) is 149 cm³/mol. The summed E-state index contributed by atoms with van der Waals surface area (Å²) in [4.78, 5) is 32.5. The number of benzene rings is 2. The number of cyclic esters (lactones) is 1. The number of hydrogen-bond acceptors (Lipinski definition) is 14. The van der Waals surface area contributed by atoms with Crippen molar-refractivity contribution < 1.29 is 76.5 Å². The maximum absolute atomic E-state index is 13.5. The van der Waals surface area contributed by atoms with Crippen molar-refractivity contribution in [2.45, 2.75) is 55.9 Å². The number of carbonyl (C=O) groups is 1. The Morgan fingerprint density at radius 3 is 2.22 bits per heavy atom. The van der Waals surface area contributed by atoms with Crippen LogP contribution in [0.1, 0.15) is 35.6 Å². The molecule has 250 valence electrons. The van der Waals surface area contributed by atoms with Crippen LogP contribution in [0.25, 0.3) is 0 Å². The van der Waals surface area contributed by atoms with Crippen LogP contribution in [0.5, 0.6) is 28.7 Å². The summed E-state index contributed by atoms with van der Waals surface area (Å²) in [5.41, 5.74) is 1.65. The van der Waals surface area contributed by atoms with E-state index in [1.807, 2.05) is 0 Å². The molecule has 4 heterocycles. The zero-order chi connectivity index (χ0) is 32.5. The van der Waals surface area contributed by atoms with Gasteiger partial charge < -0.3 is 57.4 Å². The zero-order valence-electron chi connectivity index (χ0n) is 24.8. The van der Waals surface area contributed by atoms with Gasteiger partial charge in [0.2, 0.25) is 12.5 Å². The van der Waals surface area contributed by atoms with Gasteiger partial charge in [-0.05, 0) is 47.9 Å². The quantitative estimate of drug-likeness (QED) is 0.241. The van der Waals surface area contributed by atoms with Crippen LogP contribution in [0, 0.1) is 11.8 Å². The maximum atomic E-state index is 13.5. The van der Waals surface area contributed by atoms with Crippen LogP contribution in [0.15, 0.2) is 24.3 Å². The molecule has 4 aliphatic heterocycles. The zero-order valence-corrected chi connectivity index (χ0v) is 25.7. The second-order valence-corrected chi connectivity index (χ2v) is 12.7. The standard InChI is InChI=1S/C29H33O16P/c1-11-38-9-20-27(42-11)23(30)24(31)29(43-20)44-25-14-7-17-16(40-10-41-17)6-13(14)21(22-15(25)8-39-28(22)32)12-4-18(36-2)26(19(5-12)37-3)45-46(33,34)35/h4-7,11,15,20-25,27,29-31H,8-10H2,1-3H3,(H2,33,34,35)/t11-,15-,20+,21+,22-,23-,24+,25+,27-,29-/m0/s1. The third kappa shape index (κ3) is 5.37. The summed E-state index contributed by atoms with van der Waals surface area (Å²) in [6.45, 7) is 1.72. The van der Waals surface area contributed by atoms with E-state index >= 15 is 0 Å². The van der Waals surface area contributed by atoms with Gasteiger partial charge in [-0.25, -0.2) is 4.57 Å². The second kappa shape index (κ2) is 11.8. The molecule has 0 amide bonds. The minimum Gasteiger partial charge on any atom is -0.493 e. The van der Waals surface area contributed by atoms with Gasteiger partial charge in [0.1, 0.15) is 24.4 Å². The number of phosphoric ester groups is 1. The molecule has 0 bridgehead atoms. The lowest BCUT2D eigenvalue weighted by Gasteiger charge is -2.47. The lowest BCUT2D eigenvalue weighted by atomic mass is 9.66. The van der Waals surface area contributed by atoms with Gasteiger partial charge >= 0.3 is 13.8 Å². The molecular formula is C29H33O16P. The Morgan fingerprint density at radius 1 is 0.891 bits per heavy atom. The van der Waals surface area contributed by atoms with E-state index in [9.17, 15) is 29.4 Å². The molecule has 0 aromatic heterocycles. The number of rotatable bonds is 7. The van der Waals surface area contributed by atoms with Crippen LogP contribution in [0.2, 0.25) is 0 Å². The third-order valence-corrected chi connectivity index (χ3v) is 9.36. The van der Waals surface area contributed by atoms with Crippen LogP contribution < -0.4 is 23.5 Å². The van der Waals surface area contributed by atoms with Gasteiger partial charge in [-0.1, -0.05) is 0 Å². The smallest absolute Gasteiger partial charge is 0.493 e. The summed E-state index contributed by atoms with van der Waals surface area (Å²) in [7, 11) is -2.40. The summed E-state index contributed by atoms with van der Waals surface area (Å²) >= 11 is 0. The fourth-order valence-electron chi connectivity index (χ4n) is 6.93. The highest BCUT2D eigenvalue weighted by Crippen LogP contribution is 2.57. The van der Waals surface area contributed by atoms with Crippen molar-refractivity contribution in [2.75, 3.05) is 34.2 Å². The summed E-state index contributed by atoms with van der Waals surface area (Å²) in [5.74, 6) is -2.25. The van der Waals surface area contributed by atoms with Crippen LogP contribution in [0.3, 0.4) is 0 Å². The minimum absolute atomic E-state index is 0.0303. The number of ether oxygens (including phenoxy) is 9. The van der Waals surface area contributed by atoms with Gasteiger partial charge in [-0.2, -0.15) is 0 Å². The molecule has 0 unspecified atom stereocenters. The normalized spacial score (nSPS) is 34.6. The fourth-order valence-corrected chi connectivity index (χ4v) is 7.35. The van der Waals surface area contributed by atoms with E-state index in [-0.39, 0.29) is 37.3 Å². The number of aliphatic hydroxyl groups excluding tert-OH is 2. The molecule has 2 aromatic rings. The molecule has 0 saturated carbocycles. The second-order valence-electron chi connectivity index (χ2n) is 11.6. The Balaban J connectivity index is 1.32. The van der Waals surface area contributed by atoms with E-state index in [1.165, 1.54) is 26.4 Å². The average molecular weight is 669 g/mol. The van der Waals surface area contributed by atoms with Gasteiger partial charge in [-0.15, -0.1) is 0 Å². The number of methoxy groups -OCH3 is 2. The van der Waals surface area contributed by atoms with E-state index in [0.717, 1.165) is 0 Å². The van der Waals surface area contributed by atoms with Crippen molar-refractivity contribution in [2.24, 2.45) is 11.8 Å². The van der Waals surface area contributed by atoms with E-state index < -0.39 is 74.6 Å².